The van der Waals surface area contributed by atoms with Gasteiger partial charge in [-0.1, -0.05) is 32.0 Å². The van der Waals surface area contributed by atoms with E-state index >= 15 is 8.78 Å². The van der Waals surface area contributed by atoms with Crippen molar-refractivity contribution in [1.82, 2.24) is 39.8 Å². The summed E-state index contributed by atoms with van der Waals surface area (Å²) in [5, 5.41) is 14.5. The van der Waals surface area contributed by atoms with Gasteiger partial charge in [0.15, 0.2) is 11.6 Å². The molecule has 1 N–H and O–H groups in total. The Bertz CT molecular complexity index is 1600. The molecule has 0 saturated heterocycles. The van der Waals surface area contributed by atoms with Crippen LogP contribution in [-0.2, 0) is 19.0 Å². The van der Waals surface area contributed by atoms with Crippen LogP contribution in [0.15, 0.2) is 47.5 Å². The summed E-state index contributed by atoms with van der Waals surface area (Å²) in [5.74, 6) is -2.74. The van der Waals surface area contributed by atoms with Crippen molar-refractivity contribution >= 4 is 11.4 Å². The van der Waals surface area contributed by atoms with Crippen LogP contribution in [0.4, 0.5) is 8.78 Å². The van der Waals surface area contributed by atoms with Crippen LogP contribution in [0.2, 0.25) is 0 Å². The molecule has 5 rings (SSSR count). The lowest BCUT2D eigenvalue weighted by atomic mass is 9.97. The zero-order valence-corrected chi connectivity index (χ0v) is 20.0. The van der Waals surface area contributed by atoms with Crippen LogP contribution in [0.3, 0.4) is 0 Å². The van der Waals surface area contributed by atoms with Gasteiger partial charge in [0.1, 0.15) is 0 Å². The number of benzene rings is 1. The van der Waals surface area contributed by atoms with E-state index in [9.17, 15) is 4.79 Å². The van der Waals surface area contributed by atoms with E-state index in [4.69, 9.17) is 4.52 Å². The molecule has 12 heteroatoms. The number of nitrogens with one attached hydrogen (secondary N) is 1. The van der Waals surface area contributed by atoms with Crippen molar-refractivity contribution in [3.05, 3.63) is 71.9 Å². The molecule has 0 aliphatic heterocycles. The number of aromatic nitrogens is 7. The summed E-state index contributed by atoms with van der Waals surface area (Å²) in [7, 11) is 1.77. The molecule has 0 spiro atoms. The van der Waals surface area contributed by atoms with Gasteiger partial charge in [0.25, 0.3) is 11.7 Å². The number of amides is 1. The molecule has 0 radical (unpaired) electrons. The second-order valence-electron chi connectivity index (χ2n) is 9.29. The molecule has 184 valence electrons. The zero-order chi connectivity index (χ0) is 25.6. The van der Waals surface area contributed by atoms with Gasteiger partial charge in [-0.15, -0.1) is 0 Å². The molecule has 5 aromatic rings. The van der Waals surface area contributed by atoms with Crippen LogP contribution in [-0.4, -0.2) is 40.4 Å². The predicted molar refractivity (Wildman–Crippen MR) is 125 cm³/mol. The van der Waals surface area contributed by atoms with Gasteiger partial charge in [-0.25, -0.2) is 18.3 Å². The zero-order valence-electron chi connectivity index (χ0n) is 20.0. The molecular formula is C24H22F2N8O2. The minimum atomic E-state index is -1.09. The number of hydrogen-bond acceptors (Lipinski definition) is 7. The SMILES string of the molecule is Cn1cc(-c2cn3nccc3c(-c3ccc(CNC(=O)c4noc(C(C)(C)C)n4)c(F)c3F)n2)cn1. The second kappa shape index (κ2) is 8.63. The maximum absolute atomic E-state index is 15.3. The van der Waals surface area contributed by atoms with Crippen LogP contribution in [0, 0.1) is 11.6 Å². The van der Waals surface area contributed by atoms with Crippen molar-refractivity contribution in [2.24, 2.45) is 7.05 Å². The van der Waals surface area contributed by atoms with Gasteiger partial charge in [-0.05, 0) is 12.1 Å². The number of halogens is 2. The Balaban J connectivity index is 1.43. The van der Waals surface area contributed by atoms with Gasteiger partial charge in [-0.2, -0.15) is 15.2 Å². The van der Waals surface area contributed by atoms with Crippen LogP contribution in [0.1, 0.15) is 42.8 Å². The molecule has 4 heterocycles. The highest BCUT2D eigenvalue weighted by molar-refractivity contribution is 5.90. The van der Waals surface area contributed by atoms with Crippen LogP contribution in [0.25, 0.3) is 28.0 Å². The van der Waals surface area contributed by atoms with E-state index in [1.54, 1.807) is 47.1 Å². The molecule has 4 aromatic heterocycles. The Morgan fingerprint density at radius 1 is 1.08 bits per heavy atom. The molecule has 0 aliphatic rings. The first-order valence-electron chi connectivity index (χ1n) is 11.0. The highest BCUT2D eigenvalue weighted by atomic mass is 19.2. The van der Waals surface area contributed by atoms with Crippen molar-refractivity contribution in [2.75, 3.05) is 0 Å². The van der Waals surface area contributed by atoms with Crippen LogP contribution >= 0.6 is 0 Å². The summed E-state index contributed by atoms with van der Waals surface area (Å²) < 4.78 is 38.6. The van der Waals surface area contributed by atoms with E-state index in [2.05, 4.69) is 30.6 Å². The summed E-state index contributed by atoms with van der Waals surface area (Å²) in [4.78, 5) is 21.0. The fourth-order valence-corrected chi connectivity index (χ4v) is 3.60. The molecule has 0 unspecified atom stereocenters. The Labute approximate surface area is 204 Å². The maximum Gasteiger partial charge on any atom is 0.292 e. The molecular weight excluding hydrogens is 470 g/mol. The highest BCUT2D eigenvalue weighted by Crippen LogP contribution is 2.30. The summed E-state index contributed by atoms with van der Waals surface area (Å²) in [6.45, 7) is 5.31. The van der Waals surface area contributed by atoms with Crippen molar-refractivity contribution in [3.8, 4) is 22.5 Å². The van der Waals surface area contributed by atoms with Gasteiger partial charge in [0.2, 0.25) is 5.89 Å². The number of rotatable bonds is 5. The van der Waals surface area contributed by atoms with Crippen LogP contribution in [0.5, 0.6) is 0 Å². The lowest BCUT2D eigenvalue weighted by Crippen LogP contribution is -2.25. The predicted octanol–water partition coefficient (Wildman–Crippen LogP) is 3.69. The molecule has 0 bridgehead atoms. The molecule has 1 aromatic carbocycles. The fourth-order valence-electron chi connectivity index (χ4n) is 3.60. The van der Waals surface area contributed by atoms with E-state index in [1.807, 2.05) is 20.8 Å². The lowest BCUT2D eigenvalue weighted by molar-refractivity contribution is 0.0937. The van der Waals surface area contributed by atoms with E-state index in [-0.39, 0.29) is 29.2 Å². The minimum absolute atomic E-state index is 0.0354. The number of carbonyl (C=O) groups excluding carboxylic acids is 1. The minimum Gasteiger partial charge on any atom is -0.345 e. The second-order valence-corrected chi connectivity index (χ2v) is 9.29. The van der Waals surface area contributed by atoms with Gasteiger partial charge >= 0.3 is 0 Å². The van der Waals surface area contributed by atoms with E-state index in [1.165, 1.54) is 12.1 Å². The summed E-state index contributed by atoms with van der Waals surface area (Å²) in [6, 6.07) is 4.49. The Kier molecular flexibility index (Phi) is 5.58. The lowest BCUT2D eigenvalue weighted by Gasteiger charge is -2.11. The normalized spacial score (nSPS) is 11.8. The average Bonchev–Trinajstić information content (AvgIpc) is 3.59. The number of nitrogens with zero attached hydrogens (tertiary/aromatic N) is 7. The first kappa shape index (κ1) is 23.3. The summed E-state index contributed by atoms with van der Waals surface area (Å²) in [5.41, 5.74) is 1.42. The Morgan fingerprint density at radius 3 is 2.58 bits per heavy atom. The van der Waals surface area contributed by atoms with E-state index in [0.717, 1.165) is 0 Å². The molecule has 36 heavy (non-hydrogen) atoms. The van der Waals surface area contributed by atoms with Crippen LogP contribution < -0.4 is 5.32 Å². The van der Waals surface area contributed by atoms with Crippen molar-refractivity contribution < 1.29 is 18.1 Å². The third-order valence-electron chi connectivity index (χ3n) is 5.52. The number of hydrogen-bond donors (Lipinski definition) is 1. The van der Waals surface area contributed by atoms with Crippen molar-refractivity contribution in [3.63, 3.8) is 0 Å². The first-order valence-corrected chi connectivity index (χ1v) is 11.0. The summed E-state index contributed by atoms with van der Waals surface area (Å²) >= 11 is 0. The van der Waals surface area contributed by atoms with Gasteiger partial charge in [0.05, 0.1) is 35.5 Å². The third kappa shape index (κ3) is 4.21. The van der Waals surface area contributed by atoms with Crippen molar-refractivity contribution in [2.45, 2.75) is 32.7 Å². The molecule has 0 fully saturated rings. The summed E-state index contributed by atoms with van der Waals surface area (Å²) in [6.07, 6.45) is 6.63. The molecule has 1 amide bonds. The van der Waals surface area contributed by atoms with Crippen molar-refractivity contribution in [1.29, 1.82) is 0 Å². The topological polar surface area (TPSA) is 116 Å². The molecule has 0 saturated carbocycles. The standard InChI is InChI=1S/C24H22F2N8O2/c1-24(2,3)23-31-21(32-36-23)22(35)27-9-13-5-6-15(19(26)18(13)25)20-17-7-8-28-34(17)12-16(30-20)14-10-29-33(4)11-14/h5-8,10-12H,9H2,1-4H3,(H,27,35). The number of aryl methyl sites for hydroxylation is 1. The molecule has 0 atom stereocenters. The monoisotopic (exact) mass is 492 g/mol. The van der Waals surface area contributed by atoms with E-state index in [0.29, 0.717) is 22.7 Å². The number of fused-ring (bicyclic) bond motifs is 1. The van der Waals surface area contributed by atoms with Gasteiger partial charge < -0.3 is 9.84 Å². The third-order valence-corrected chi connectivity index (χ3v) is 5.52. The maximum atomic E-state index is 15.3. The largest absolute Gasteiger partial charge is 0.345 e. The number of carbonyl (C=O) groups is 1. The average molecular weight is 492 g/mol. The molecule has 10 nitrogen and oxygen atoms in total. The van der Waals surface area contributed by atoms with Gasteiger partial charge in [-0.3, -0.25) is 9.48 Å². The van der Waals surface area contributed by atoms with Gasteiger partial charge in [0, 0.05) is 41.9 Å². The smallest absolute Gasteiger partial charge is 0.292 e. The van der Waals surface area contributed by atoms with E-state index < -0.39 is 23.0 Å². The molecule has 0 aliphatic carbocycles. The highest BCUT2D eigenvalue weighted by Gasteiger charge is 2.25. The Hall–Kier alpha value is -4.48. The quantitative estimate of drug-likeness (QED) is 0.398. The fraction of sp³-hybridized carbons (Fsp3) is 0.250. The Morgan fingerprint density at radius 2 is 1.89 bits per heavy atom. The first-order chi connectivity index (χ1) is 17.1.